The Hall–Kier alpha value is -14.5. The summed E-state index contributed by atoms with van der Waals surface area (Å²) >= 11 is 0. The zero-order valence-corrected chi connectivity index (χ0v) is 58.6. The highest BCUT2D eigenvalue weighted by atomic mass is 16.5. The molecule has 0 spiro atoms. The summed E-state index contributed by atoms with van der Waals surface area (Å²) in [5.41, 5.74) is 10.5. The number of hydrogen-bond donors (Lipinski definition) is 0. The molecule has 0 amide bonds. The SMILES string of the molecule is [2H]c1c([2H])c([2H])c2c(c1[2H])Oc1c3c(cc4c1B2c1c([2H])c([2H])c([2H])c2c5c([2H])c([2H])c([2H])c([2H])c5n-4c12)N(c1c(-c2ccccc2)cccc1-c1ccccc1)c1cc(-n2c4ccccc4c4ncccc42)cc2c1B3c1c(cc3c4c1Oc1c([2H])c([2H])c([2H])c([2H])c1B4c1c([2H])c([2H])c([2H])c4c5c([2H])c([2H])c([2H])c([2H])c5n-3c14)N2c1c(-c2ccccc2)cccc1-c1ccccc1. The van der Waals surface area contributed by atoms with Crippen LogP contribution in [0.15, 0.2) is 358 Å². The van der Waals surface area contributed by atoms with Gasteiger partial charge in [0.2, 0.25) is 0 Å². The van der Waals surface area contributed by atoms with E-state index < -0.39 is 165 Å². The Kier molecular flexibility index (Phi) is 8.75. The molecule has 6 aliphatic rings. The molecule has 0 bridgehead atoms. The van der Waals surface area contributed by atoms with E-state index in [2.05, 4.69) is 26.5 Å². The summed E-state index contributed by atoms with van der Waals surface area (Å²) in [5, 5.41) is 0.145. The van der Waals surface area contributed by atoms with E-state index in [1.54, 1.807) is 15.3 Å². The highest BCUT2D eigenvalue weighted by molar-refractivity contribution is 7.05. The monoisotopic (exact) mass is 1440 g/mol. The van der Waals surface area contributed by atoms with Crippen molar-refractivity contribution in [2.75, 3.05) is 9.80 Å². The number of pyridine rings is 1. The number of benzene rings is 16. The maximum Gasteiger partial charge on any atom is 0.261 e. The zero-order chi connectivity index (χ0) is 91.9. The van der Waals surface area contributed by atoms with Crippen LogP contribution in [-0.4, -0.2) is 38.8 Å². The molecule has 0 aliphatic carbocycles. The summed E-state index contributed by atoms with van der Waals surface area (Å²) in [7, 11) is 0. The van der Waals surface area contributed by atoms with Crippen LogP contribution in [0.3, 0.4) is 0 Å². The summed E-state index contributed by atoms with van der Waals surface area (Å²) in [6, 6.07) is 56.9. The van der Waals surface area contributed by atoms with E-state index in [1.165, 1.54) is 0 Å². The van der Waals surface area contributed by atoms with Gasteiger partial charge in [-0.15, -0.1) is 0 Å². The Morgan fingerprint density at radius 3 is 1.16 bits per heavy atom. The Labute approximate surface area is 676 Å². The number of aromatic nitrogens is 4. The number of nitrogens with zero attached hydrogens (tertiary/aromatic N) is 6. The first-order valence-corrected chi connectivity index (χ1v) is 37.0. The van der Waals surface area contributed by atoms with Crippen LogP contribution in [0.1, 0.15) is 30.2 Å². The molecular weight excluding hydrogens is 1360 g/mol. The van der Waals surface area contributed by atoms with Crippen molar-refractivity contribution in [1.29, 1.82) is 0 Å². The molecule has 4 aromatic heterocycles. The quantitative estimate of drug-likeness (QED) is 0.149. The van der Waals surface area contributed by atoms with Gasteiger partial charge < -0.3 is 33.0 Å². The molecular formula is C101H59B3N6O2. The predicted molar refractivity (Wildman–Crippen MR) is 465 cm³/mol. The van der Waals surface area contributed by atoms with E-state index >= 15 is 0 Å². The summed E-state index contributed by atoms with van der Waals surface area (Å²) in [6.07, 6.45) is 1.74. The van der Waals surface area contributed by atoms with Gasteiger partial charge in [-0.2, -0.15) is 0 Å². The van der Waals surface area contributed by atoms with Gasteiger partial charge in [-0.25, -0.2) is 0 Å². The minimum absolute atomic E-state index is 0.0220. The summed E-state index contributed by atoms with van der Waals surface area (Å²) in [5.74, 6) is -1.09. The predicted octanol–water partition coefficient (Wildman–Crippen LogP) is 19.0. The smallest absolute Gasteiger partial charge is 0.261 e. The number of hydrogen-bond acceptors (Lipinski definition) is 5. The van der Waals surface area contributed by atoms with E-state index in [0.29, 0.717) is 67.2 Å². The normalized spacial score (nSPS) is 16.2. The second-order valence-electron chi connectivity index (χ2n) is 28.9. The van der Waals surface area contributed by atoms with Crippen molar-refractivity contribution in [3.63, 3.8) is 0 Å². The Morgan fingerprint density at radius 2 is 0.679 bits per heavy atom. The maximum atomic E-state index is 10.6. The fourth-order valence-electron chi connectivity index (χ4n) is 19.4. The number of rotatable bonds is 7. The molecule has 0 saturated heterocycles. The molecule has 11 heteroatoms. The third-order valence-corrected chi connectivity index (χ3v) is 23.6. The molecule has 0 N–H and O–H groups in total. The van der Waals surface area contributed by atoms with Gasteiger partial charge in [-0.05, 0) is 138 Å². The fourth-order valence-corrected chi connectivity index (χ4v) is 19.4. The molecule has 112 heavy (non-hydrogen) atoms. The molecule has 0 unspecified atom stereocenters. The highest BCUT2D eigenvalue weighted by Crippen LogP contribution is 2.57. The number of ether oxygens (including phenoxy) is 2. The summed E-state index contributed by atoms with van der Waals surface area (Å²) in [6.45, 7) is -4.75. The van der Waals surface area contributed by atoms with Crippen LogP contribution in [0.25, 0.3) is 127 Å². The van der Waals surface area contributed by atoms with Crippen LogP contribution in [0.5, 0.6) is 23.0 Å². The van der Waals surface area contributed by atoms with Crippen LogP contribution >= 0.6 is 0 Å². The lowest BCUT2D eigenvalue weighted by Gasteiger charge is -2.48. The first-order chi connectivity index (χ1) is 64.8. The Bertz CT molecular complexity index is 8350. The highest BCUT2D eigenvalue weighted by Gasteiger charge is 2.55. The molecule has 0 atom stereocenters. The van der Waals surface area contributed by atoms with Crippen molar-refractivity contribution >= 4 is 169 Å². The number of fused-ring (bicyclic) bond motifs is 23. The van der Waals surface area contributed by atoms with Gasteiger partial charge in [0.05, 0.1) is 74.8 Å². The molecule has 0 saturated carbocycles. The van der Waals surface area contributed by atoms with Gasteiger partial charge in [0, 0.05) is 101 Å². The third kappa shape index (κ3) is 7.94. The molecule has 0 radical (unpaired) electrons. The Morgan fingerprint density at radius 1 is 0.286 bits per heavy atom. The van der Waals surface area contributed by atoms with E-state index in [1.807, 2.05) is 206 Å². The number of anilines is 6. The Balaban J connectivity index is 0.963. The zero-order valence-electron chi connectivity index (χ0n) is 80.6. The van der Waals surface area contributed by atoms with Gasteiger partial charge in [0.15, 0.2) is 0 Å². The largest absolute Gasteiger partial charge is 0.459 e. The van der Waals surface area contributed by atoms with Gasteiger partial charge in [-0.3, -0.25) is 4.98 Å². The standard InChI is InChI=1S/C101H59B3N6O2/c1-5-28-60(29-6-1)65-39-23-40-66(61-30-7-2-8-31-61)96(65)109-82-56-64(106-80-51-20-15-38-73(80)95-81(106)52-27-55-105-95)57-83-90(82)104(93-86(109)58-84-91-100(93)111-88-53-21-16-45-74(88)102(91)76-47-25-43-71-69-36-13-18-49-78(69)107(84)98(71)76)94-87(110(83)97-67(62-32-9-3-10-33-62)41-24-42-68(97)63-34-11-4-12-35-63)59-85-92-101(94)112-89-54-22-17-46-75(89)103(92)77-48-26-44-72-70-37-14-19-50-79(70)108(85)99(72)77/h1-59H/i13D,14D,16D,17D,18D,19D,21D,22D,25D,26D,36D,37D,43D,44D,45D,46D,47D,48D,49D,50D,53D,54D. The lowest BCUT2D eigenvalue weighted by atomic mass is 9.28. The molecule has 26 rings (SSSR count). The molecule has 514 valence electrons. The van der Waals surface area contributed by atoms with E-state index in [-0.39, 0.29) is 122 Å². The number of para-hydroxylation sites is 9. The van der Waals surface area contributed by atoms with Crippen molar-refractivity contribution in [2.45, 2.75) is 0 Å². The molecule has 16 aromatic carbocycles. The molecule has 10 heterocycles. The minimum Gasteiger partial charge on any atom is -0.459 e. The topological polar surface area (TPSA) is 52.6 Å². The van der Waals surface area contributed by atoms with Crippen molar-refractivity contribution in [3.8, 4) is 84.6 Å². The second-order valence-corrected chi connectivity index (χ2v) is 28.9. The van der Waals surface area contributed by atoms with Crippen LogP contribution in [0, 0.1) is 0 Å². The van der Waals surface area contributed by atoms with Gasteiger partial charge in [0.25, 0.3) is 20.1 Å². The first kappa shape index (κ1) is 43.5. The lowest BCUT2D eigenvalue weighted by Crippen LogP contribution is -2.67. The van der Waals surface area contributed by atoms with E-state index in [9.17, 15) is 30.2 Å². The second kappa shape index (κ2) is 22.5. The van der Waals surface area contributed by atoms with Crippen molar-refractivity contribution < 1.29 is 39.6 Å². The fraction of sp³-hybridized carbons (Fsp3) is 0. The molecule has 0 fully saturated rings. The molecule has 8 nitrogen and oxygen atoms in total. The van der Waals surface area contributed by atoms with Crippen molar-refractivity contribution in [2.24, 2.45) is 0 Å². The van der Waals surface area contributed by atoms with Crippen molar-refractivity contribution in [3.05, 3.63) is 358 Å². The van der Waals surface area contributed by atoms with Gasteiger partial charge >= 0.3 is 0 Å². The van der Waals surface area contributed by atoms with E-state index in [0.717, 1.165) is 33.2 Å². The average molecular weight is 1440 g/mol. The maximum absolute atomic E-state index is 10.6. The summed E-state index contributed by atoms with van der Waals surface area (Å²) < 4.78 is 242. The van der Waals surface area contributed by atoms with Crippen LogP contribution in [0.2, 0.25) is 0 Å². The summed E-state index contributed by atoms with van der Waals surface area (Å²) in [4.78, 5) is 9.41. The minimum atomic E-state index is -1.61. The van der Waals surface area contributed by atoms with E-state index in [4.69, 9.17) is 14.5 Å². The molecule has 6 aliphatic heterocycles. The van der Waals surface area contributed by atoms with Crippen LogP contribution in [-0.2, 0) is 0 Å². The van der Waals surface area contributed by atoms with Crippen LogP contribution in [0.4, 0.5) is 34.1 Å². The third-order valence-electron chi connectivity index (χ3n) is 23.6. The average Bonchev–Trinajstić information content (AvgIpc) is 1.18. The molecule has 20 aromatic rings. The van der Waals surface area contributed by atoms with Crippen molar-refractivity contribution in [1.82, 2.24) is 18.7 Å². The van der Waals surface area contributed by atoms with Gasteiger partial charge in [-0.1, -0.05) is 285 Å². The van der Waals surface area contributed by atoms with Crippen LogP contribution < -0.4 is 68.4 Å². The van der Waals surface area contributed by atoms with Gasteiger partial charge in [0.1, 0.15) is 23.0 Å². The lowest BCUT2D eigenvalue weighted by molar-refractivity contribution is 0.490. The first-order valence-electron chi connectivity index (χ1n) is 48.0.